The van der Waals surface area contributed by atoms with Crippen LogP contribution >= 0.6 is 0 Å². The molecule has 0 saturated carbocycles. The van der Waals surface area contributed by atoms with Crippen molar-refractivity contribution in [1.82, 2.24) is 4.31 Å². The first-order chi connectivity index (χ1) is 10.2. The van der Waals surface area contributed by atoms with E-state index in [1.165, 1.54) is 11.4 Å². The minimum absolute atomic E-state index is 0.00620. The second-order valence-corrected chi connectivity index (χ2v) is 7.93. The van der Waals surface area contributed by atoms with E-state index in [9.17, 15) is 13.4 Å². The van der Waals surface area contributed by atoms with Crippen LogP contribution in [-0.4, -0.2) is 40.4 Å². The molecule has 0 N–H and O–H groups in total. The first kappa shape index (κ1) is 17.1. The molecule has 0 bridgehead atoms. The molecule has 1 fully saturated rings. The van der Waals surface area contributed by atoms with Crippen molar-refractivity contribution in [3.8, 4) is 0 Å². The molecule has 6 heteroatoms. The Morgan fingerprint density at radius 2 is 1.91 bits per heavy atom. The Bertz CT molecular complexity index is 568. The van der Waals surface area contributed by atoms with Crippen molar-refractivity contribution in [3.63, 3.8) is 0 Å². The summed E-state index contributed by atoms with van der Waals surface area (Å²) in [6, 6.07) is 6.60. The average molecular weight is 327 g/mol. The minimum Gasteiger partial charge on any atom is -0.468 e. The lowest BCUT2D eigenvalue weighted by Crippen LogP contribution is -2.38. The number of nitrogens with zero attached hydrogens (tertiary/aromatic N) is 1. The predicted octanol–water partition coefficient (Wildman–Crippen LogP) is 2.59. The topological polar surface area (TPSA) is 46.6 Å². The van der Waals surface area contributed by atoms with Crippen LogP contribution in [0.25, 0.3) is 0 Å². The van der Waals surface area contributed by atoms with Crippen molar-refractivity contribution in [3.05, 3.63) is 29.8 Å². The molecule has 1 aliphatic heterocycles. The number of carbonyl (C=O) groups excluding carboxylic acids is 1. The molecule has 2 rings (SSSR count). The molecule has 1 heterocycles. The molecule has 0 aromatic heterocycles. The zero-order chi connectivity index (χ0) is 16.5. The number of methoxy groups -OCH3 is 1. The standard InChI is InChI=1S/C16H22FNO3S/c1-16(2,3)11-5-7-13(8-6-11)22(20)18-10-12(17)9-14(18)15(19)21-4/h5-8,12,14H,9-10H2,1-4H3. The molecular formula is C16H22FNO3S. The highest BCUT2D eigenvalue weighted by molar-refractivity contribution is 7.82. The fraction of sp³-hybridized carbons (Fsp3) is 0.562. The van der Waals surface area contributed by atoms with Gasteiger partial charge in [0.1, 0.15) is 23.2 Å². The SMILES string of the molecule is COC(=O)C1CC(F)CN1S(=O)c1ccc(C(C)(C)C)cc1. The molecule has 0 spiro atoms. The third kappa shape index (κ3) is 3.55. The first-order valence-corrected chi connectivity index (χ1v) is 8.35. The summed E-state index contributed by atoms with van der Waals surface area (Å²) in [4.78, 5) is 12.3. The van der Waals surface area contributed by atoms with Crippen LogP contribution < -0.4 is 0 Å². The van der Waals surface area contributed by atoms with Gasteiger partial charge in [0.2, 0.25) is 0 Å². The summed E-state index contributed by atoms with van der Waals surface area (Å²) in [5.41, 5.74) is 1.13. The number of hydrogen-bond acceptors (Lipinski definition) is 3. The van der Waals surface area contributed by atoms with E-state index in [1.807, 2.05) is 12.1 Å². The quantitative estimate of drug-likeness (QED) is 0.802. The van der Waals surface area contributed by atoms with Crippen molar-refractivity contribution in [2.75, 3.05) is 13.7 Å². The van der Waals surface area contributed by atoms with Gasteiger partial charge in [0.05, 0.1) is 12.0 Å². The summed E-state index contributed by atoms with van der Waals surface area (Å²) >= 11 is 0. The summed E-state index contributed by atoms with van der Waals surface area (Å²) in [5, 5.41) is 0. The van der Waals surface area contributed by atoms with E-state index in [0.717, 1.165) is 5.56 Å². The zero-order valence-corrected chi connectivity index (χ0v) is 14.2. The van der Waals surface area contributed by atoms with E-state index < -0.39 is 29.2 Å². The van der Waals surface area contributed by atoms with Gasteiger partial charge in [-0.3, -0.25) is 4.79 Å². The fourth-order valence-electron chi connectivity index (χ4n) is 2.50. The second kappa shape index (κ2) is 6.46. The van der Waals surface area contributed by atoms with Gasteiger partial charge >= 0.3 is 5.97 Å². The Hall–Kier alpha value is -1.27. The van der Waals surface area contributed by atoms with Crippen LogP contribution in [-0.2, 0) is 25.9 Å². The number of rotatable bonds is 3. The van der Waals surface area contributed by atoms with Crippen LogP contribution in [0, 0.1) is 0 Å². The number of alkyl halides is 1. The third-order valence-corrected chi connectivity index (χ3v) is 5.32. The highest BCUT2D eigenvalue weighted by atomic mass is 32.2. The number of esters is 1. The molecule has 3 atom stereocenters. The van der Waals surface area contributed by atoms with E-state index in [-0.39, 0.29) is 18.4 Å². The lowest BCUT2D eigenvalue weighted by atomic mass is 9.87. The predicted molar refractivity (Wildman–Crippen MR) is 83.6 cm³/mol. The Kier molecular flexibility index (Phi) is 5.02. The summed E-state index contributed by atoms with van der Waals surface area (Å²) in [6.07, 6.45) is -1.14. The van der Waals surface area contributed by atoms with E-state index in [1.54, 1.807) is 12.1 Å². The number of ether oxygens (including phenoxy) is 1. The van der Waals surface area contributed by atoms with Crippen molar-refractivity contribution < 1.29 is 18.1 Å². The number of halogens is 1. The molecule has 122 valence electrons. The van der Waals surface area contributed by atoms with Crippen LogP contribution in [0.5, 0.6) is 0 Å². The maximum atomic E-state index is 13.6. The van der Waals surface area contributed by atoms with Crippen LogP contribution in [0.1, 0.15) is 32.8 Å². The van der Waals surface area contributed by atoms with E-state index in [2.05, 4.69) is 25.5 Å². The van der Waals surface area contributed by atoms with E-state index in [0.29, 0.717) is 4.90 Å². The monoisotopic (exact) mass is 327 g/mol. The van der Waals surface area contributed by atoms with E-state index >= 15 is 0 Å². The van der Waals surface area contributed by atoms with E-state index in [4.69, 9.17) is 0 Å². The molecule has 0 amide bonds. The van der Waals surface area contributed by atoms with Gasteiger partial charge in [-0.15, -0.1) is 0 Å². The molecule has 1 aliphatic rings. The van der Waals surface area contributed by atoms with Crippen molar-refractivity contribution in [1.29, 1.82) is 0 Å². The van der Waals surface area contributed by atoms with Gasteiger partial charge in [0, 0.05) is 13.0 Å². The maximum absolute atomic E-state index is 13.6. The summed E-state index contributed by atoms with van der Waals surface area (Å²) in [7, 11) is -0.317. The van der Waals surface area contributed by atoms with Crippen LogP contribution in [0.4, 0.5) is 4.39 Å². The smallest absolute Gasteiger partial charge is 0.324 e. The van der Waals surface area contributed by atoms with Gasteiger partial charge in [0.15, 0.2) is 0 Å². The van der Waals surface area contributed by atoms with Gasteiger partial charge in [-0.25, -0.2) is 12.9 Å². The highest BCUT2D eigenvalue weighted by Gasteiger charge is 2.41. The van der Waals surface area contributed by atoms with Crippen LogP contribution in [0.3, 0.4) is 0 Å². The summed E-state index contributed by atoms with van der Waals surface area (Å²) in [5.74, 6) is -0.542. The molecule has 1 aromatic carbocycles. The lowest BCUT2D eigenvalue weighted by molar-refractivity contribution is -0.144. The molecular weight excluding hydrogens is 305 g/mol. The molecule has 4 nitrogen and oxygen atoms in total. The maximum Gasteiger partial charge on any atom is 0.324 e. The van der Waals surface area contributed by atoms with Crippen LogP contribution in [0.2, 0.25) is 0 Å². The molecule has 1 aromatic rings. The van der Waals surface area contributed by atoms with Crippen molar-refractivity contribution in [2.24, 2.45) is 0 Å². The number of carbonyl (C=O) groups is 1. The minimum atomic E-state index is -1.57. The fourth-order valence-corrected chi connectivity index (χ4v) is 3.84. The molecule has 22 heavy (non-hydrogen) atoms. The third-order valence-electron chi connectivity index (χ3n) is 3.81. The Labute approximate surface area is 133 Å². The van der Waals surface area contributed by atoms with Crippen molar-refractivity contribution in [2.45, 2.75) is 49.7 Å². The first-order valence-electron chi connectivity index (χ1n) is 7.25. The second-order valence-electron chi connectivity index (χ2n) is 6.50. The average Bonchev–Trinajstić information content (AvgIpc) is 2.87. The largest absolute Gasteiger partial charge is 0.468 e. The van der Waals surface area contributed by atoms with Gasteiger partial charge in [0.25, 0.3) is 0 Å². The molecule has 0 aliphatic carbocycles. The number of hydrogen-bond donors (Lipinski definition) is 0. The lowest BCUT2D eigenvalue weighted by Gasteiger charge is -2.22. The Morgan fingerprint density at radius 3 is 2.41 bits per heavy atom. The summed E-state index contributed by atoms with van der Waals surface area (Å²) < 4.78 is 32.3. The van der Waals surface area contributed by atoms with Gasteiger partial charge in [-0.05, 0) is 23.1 Å². The Balaban J connectivity index is 2.21. The Morgan fingerprint density at radius 1 is 1.32 bits per heavy atom. The zero-order valence-electron chi connectivity index (χ0n) is 13.3. The summed E-state index contributed by atoms with van der Waals surface area (Å²) in [6.45, 7) is 6.27. The van der Waals surface area contributed by atoms with Crippen molar-refractivity contribution >= 4 is 17.0 Å². The highest BCUT2D eigenvalue weighted by Crippen LogP contribution is 2.28. The molecule has 3 unspecified atom stereocenters. The van der Waals surface area contributed by atoms with Crippen LogP contribution in [0.15, 0.2) is 29.2 Å². The van der Waals surface area contributed by atoms with Gasteiger partial charge in [-0.1, -0.05) is 32.9 Å². The molecule has 0 radical (unpaired) electrons. The normalized spacial score (nSPS) is 24.2. The van der Waals surface area contributed by atoms with Gasteiger partial charge in [-0.2, -0.15) is 0 Å². The van der Waals surface area contributed by atoms with Gasteiger partial charge < -0.3 is 4.74 Å². The molecule has 1 saturated heterocycles. The number of benzene rings is 1.